The first-order chi connectivity index (χ1) is 14.2. The maximum atomic E-state index is 13.0. The lowest BCUT2D eigenvalue weighted by atomic mass is 9.81. The molecular formula is C25H32N2O2. The largest absolute Gasteiger partial charge is 0.356 e. The smallest absolute Gasteiger partial charge is 0.225 e. The van der Waals surface area contributed by atoms with Crippen LogP contribution in [0, 0.1) is 11.8 Å². The van der Waals surface area contributed by atoms with Crippen LogP contribution in [0.1, 0.15) is 43.7 Å². The summed E-state index contributed by atoms with van der Waals surface area (Å²) in [6, 6.07) is 20.3. The standard InChI is InChI=1S/C25H32N2O2/c1-2-27(19-21-11-7-4-8-12-21)25(29)23-15-13-22(14-16-23)24(28)26-18-17-20-9-5-3-6-10-20/h3-12,22-23H,2,13-19H2,1H3,(H,26,28). The van der Waals surface area contributed by atoms with E-state index in [2.05, 4.69) is 29.6 Å². The van der Waals surface area contributed by atoms with Crippen molar-refractivity contribution in [1.82, 2.24) is 10.2 Å². The van der Waals surface area contributed by atoms with Gasteiger partial charge in [-0.25, -0.2) is 0 Å². The summed E-state index contributed by atoms with van der Waals surface area (Å²) in [4.78, 5) is 27.4. The van der Waals surface area contributed by atoms with Gasteiger partial charge in [-0.05, 0) is 50.2 Å². The molecule has 1 fully saturated rings. The van der Waals surface area contributed by atoms with Gasteiger partial charge in [-0.1, -0.05) is 60.7 Å². The molecule has 0 radical (unpaired) electrons. The van der Waals surface area contributed by atoms with Crippen LogP contribution in [-0.2, 0) is 22.6 Å². The van der Waals surface area contributed by atoms with E-state index in [0.717, 1.165) is 37.7 Å². The van der Waals surface area contributed by atoms with Crippen LogP contribution >= 0.6 is 0 Å². The quantitative estimate of drug-likeness (QED) is 0.732. The van der Waals surface area contributed by atoms with Crippen LogP contribution in [0.25, 0.3) is 0 Å². The van der Waals surface area contributed by atoms with E-state index in [1.165, 1.54) is 5.56 Å². The second-order valence-corrected chi connectivity index (χ2v) is 7.91. The van der Waals surface area contributed by atoms with Crippen molar-refractivity contribution in [3.63, 3.8) is 0 Å². The molecule has 4 heteroatoms. The molecule has 0 atom stereocenters. The first kappa shape index (κ1) is 21.1. The van der Waals surface area contributed by atoms with Crippen LogP contribution in [0.15, 0.2) is 60.7 Å². The van der Waals surface area contributed by atoms with Gasteiger partial charge in [-0.15, -0.1) is 0 Å². The molecule has 0 unspecified atom stereocenters. The predicted octanol–water partition coefficient (Wildman–Crippen LogP) is 4.20. The molecule has 0 spiro atoms. The fraction of sp³-hybridized carbons (Fsp3) is 0.440. The van der Waals surface area contributed by atoms with Crippen molar-refractivity contribution in [3.8, 4) is 0 Å². The van der Waals surface area contributed by atoms with Gasteiger partial charge in [-0.3, -0.25) is 9.59 Å². The third-order valence-corrected chi connectivity index (χ3v) is 5.91. The van der Waals surface area contributed by atoms with Crippen molar-refractivity contribution in [1.29, 1.82) is 0 Å². The number of nitrogens with zero attached hydrogens (tertiary/aromatic N) is 1. The summed E-state index contributed by atoms with van der Waals surface area (Å²) in [6.07, 6.45) is 4.07. The van der Waals surface area contributed by atoms with Crippen LogP contribution < -0.4 is 5.32 Å². The van der Waals surface area contributed by atoms with Gasteiger partial charge in [0, 0.05) is 31.5 Å². The normalized spacial score (nSPS) is 18.8. The van der Waals surface area contributed by atoms with E-state index < -0.39 is 0 Å². The van der Waals surface area contributed by atoms with Gasteiger partial charge >= 0.3 is 0 Å². The Hall–Kier alpha value is -2.62. The molecule has 2 amide bonds. The molecule has 1 aliphatic rings. The van der Waals surface area contributed by atoms with Crippen LogP contribution in [0.2, 0.25) is 0 Å². The van der Waals surface area contributed by atoms with Crippen LogP contribution in [-0.4, -0.2) is 29.8 Å². The number of nitrogens with one attached hydrogen (secondary N) is 1. The topological polar surface area (TPSA) is 49.4 Å². The molecule has 2 aromatic carbocycles. The summed E-state index contributed by atoms with van der Waals surface area (Å²) in [7, 11) is 0. The van der Waals surface area contributed by atoms with E-state index in [0.29, 0.717) is 19.6 Å². The summed E-state index contributed by atoms with van der Waals surface area (Å²) in [5.74, 6) is 0.466. The number of amides is 2. The van der Waals surface area contributed by atoms with Crippen molar-refractivity contribution in [3.05, 3.63) is 71.8 Å². The summed E-state index contributed by atoms with van der Waals surface area (Å²) in [5.41, 5.74) is 2.40. The van der Waals surface area contributed by atoms with E-state index >= 15 is 0 Å². The molecule has 2 aromatic rings. The Balaban J connectivity index is 1.42. The lowest BCUT2D eigenvalue weighted by Crippen LogP contribution is -2.39. The molecule has 0 bridgehead atoms. The van der Waals surface area contributed by atoms with E-state index in [4.69, 9.17) is 0 Å². The number of carbonyl (C=O) groups excluding carboxylic acids is 2. The summed E-state index contributed by atoms with van der Waals surface area (Å²) >= 11 is 0. The van der Waals surface area contributed by atoms with Gasteiger partial charge in [0.25, 0.3) is 0 Å². The lowest BCUT2D eigenvalue weighted by Gasteiger charge is -2.31. The minimum absolute atomic E-state index is 0.0408. The van der Waals surface area contributed by atoms with Crippen LogP contribution in [0.4, 0.5) is 0 Å². The molecule has 1 aliphatic carbocycles. The van der Waals surface area contributed by atoms with E-state index in [-0.39, 0.29) is 23.7 Å². The zero-order valence-corrected chi connectivity index (χ0v) is 17.3. The van der Waals surface area contributed by atoms with Crippen molar-refractivity contribution in [2.24, 2.45) is 11.8 Å². The van der Waals surface area contributed by atoms with Gasteiger partial charge in [0.1, 0.15) is 0 Å². The Labute approximate surface area is 174 Å². The Morgan fingerprint density at radius 3 is 2.00 bits per heavy atom. The van der Waals surface area contributed by atoms with Gasteiger partial charge < -0.3 is 10.2 Å². The minimum Gasteiger partial charge on any atom is -0.356 e. The highest BCUT2D eigenvalue weighted by molar-refractivity contribution is 5.81. The van der Waals surface area contributed by atoms with Gasteiger partial charge in [0.2, 0.25) is 11.8 Å². The SMILES string of the molecule is CCN(Cc1ccccc1)C(=O)C1CCC(C(=O)NCCc2ccccc2)CC1. The van der Waals surface area contributed by atoms with Gasteiger partial charge in [0.15, 0.2) is 0 Å². The Morgan fingerprint density at radius 1 is 0.862 bits per heavy atom. The van der Waals surface area contributed by atoms with E-state index in [1.807, 2.05) is 48.2 Å². The number of benzene rings is 2. The molecule has 0 aromatic heterocycles. The molecule has 4 nitrogen and oxygen atoms in total. The highest BCUT2D eigenvalue weighted by Crippen LogP contribution is 2.30. The molecule has 0 heterocycles. The van der Waals surface area contributed by atoms with E-state index in [1.54, 1.807) is 0 Å². The van der Waals surface area contributed by atoms with Gasteiger partial charge in [0.05, 0.1) is 0 Å². The third kappa shape index (κ3) is 6.18. The Bertz CT molecular complexity index is 768. The number of hydrogen-bond donors (Lipinski definition) is 1. The van der Waals surface area contributed by atoms with Crippen molar-refractivity contribution < 1.29 is 9.59 Å². The van der Waals surface area contributed by atoms with Crippen LogP contribution in [0.3, 0.4) is 0 Å². The zero-order valence-electron chi connectivity index (χ0n) is 17.3. The monoisotopic (exact) mass is 392 g/mol. The molecular weight excluding hydrogens is 360 g/mol. The van der Waals surface area contributed by atoms with Crippen LogP contribution in [0.5, 0.6) is 0 Å². The predicted molar refractivity (Wildman–Crippen MR) is 116 cm³/mol. The fourth-order valence-corrected chi connectivity index (χ4v) is 4.13. The van der Waals surface area contributed by atoms with E-state index in [9.17, 15) is 9.59 Å². The molecule has 1 N–H and O–H groups in total. The molecule has 0 aliphatic heterocycles. The summed E-state index contributed by atoms with van der Waals surface area (Å²) in [5, 5.41) is 3.08. The lowest BCUT2D eigenvalue weighted by molar-refractivity contribution is -0.138. The minimum atomic E-state index is 0.0408. The molecule has 1 saturated carbocycles. The van der Waals surface area contributed by atoms with Gasteiger partial charge in [-0.2, -0.15) is 0 Å². The molecule has 0 saturated heterocycles. The Kier molecular flexibility index (Phi) is 7.85. The Morgan fingerprint density at radius 2 is 1.41 bits per heavy atom. The number of rotatable bonds is 8. The second-order valence-electron chi connectivity index (χ2n) is 7.91. The molecule has 29 heavy (non-hydrogen) atoms. The first-order valence-electron chi connectivity index (χ1n) is 10.8. The van der Waals surface area contributed by atoms with Crippen molar-refractivity contribution in [2.75, 3.05) is 13.1 Å². The molecule has 154 valence electrons. The highest BCUT2D eigenvalue weighted by Gasteiger charge is 2.31. The van der Waals surface area contributed by atoms with Crippen molar-refractivity contribution >= 4 is 11.8 Å². The first-order valence-corrected chi connectivity index (χ1v) is 10.8. The number of hydrogen-bond acceptors (Lipinski definition) is 2. The fourth-order valence-electron chi connectivity index (χ4n) is 4.13. The highest BCUT2D eigenvalue weighted by atomic mass is 16.2. The number of carbonyl (C=O) groups is 2. The third-order valence-electron chi connectivity index (χ3n) is 5.91. The summed E-state index contributed by atoms with van der Waals surface area (Å²) in [6.45, 7) is 4.08. The van der Waals surface area contributed by atoms with Crippen molar-refractivity contribution in [2.45, 2.75) is 45.6 Å². The maximum Gasteiger partial charge on any atom is 0.225 e. The second kappa shape index (κ2) is 10.8. The maximum absolute atomic E-state index is 13.0. The summed E-state index contributed by atoms with van der Waals surface area (Å²) < 4.78 is 0. The average Bonchev–Trinajstić information content (AvgIpc) is 2.78. The zero-order chi connectivity index (χ0) is 20.5. The average molecular weight is 393 g/mol. The molecule has 3 rings (SSSR count).